The van der Waals surface area contributed by atoms with Crippen LogP contribution in [0.4, 0.5) is 0 Å². The second-order valence-electron chi connectivity index (χ2n) is 6.75. The number of nitrogens with zero attached hydrogens (tertiary/aromatic N) is 1. The first-order valence-corrected chi connectivity index (χ1v) is 9.21. The van der Waals surface area contributed by atoms with Crippen molar-refractivity contribution in [3.8, 4) is 0 Å². The molecule has 2 aliphatic rings. The van der Waals surface area contributed by atoms with E-state index in [2.05, 4.69) is 6.92 Å². The van der Waals surface area contributed by atoms with Crippen LogP contribution in [0.3, 0.4) is 0 Å². The fourth-order valence-electron chi connectivity index (χ4n) is 3.66. The Hall–Kier alpha value is -1.06. The highest BCUT2D eigenvalue weighted by molar-refractivity contribution is 5.86. The number of carbonyl (C=O) groups is 2. The van der Waals surface area contributed by atoms with E-state index in [0.29, 0.717) is 6.61 Å². The molecule has 1 amide bonds. The lowest BCUT2D eigenvalue weighted by Crippen LogP contribution is -2.44. The molecule has 0 aromatic rings. The molecule has 0 bridgehead atoms. The minimum Gasteiger partial charge on any atom is -0.464 e. The standard InChI is InChI=1S/C18H31NO3/c1-2-3-4-8-14-22-18(21)16-12-9-13-19(16)17(20)15-10-6-5-7-11-15/h15-16H,2-14H2,1H3. The van der Waals surface area contributed by atoms with E-state index in [1.165, 1.54) is 19.3 Å². The monoisotopic (exact) mass is 309 g/mol. The van der Waals surface area contributed by atoms with Gasteiger partial charge in [0, 0.05) is 12.5 Å². The molecule has 1 saturated carbocycles. The maximum atomic E-state index is 12.6. The van der Waals surface area contributed by atoms with Gasteiger partial charge in [0.1, 0.15) is 6.04 Å². The summed E-state index contributed by atoms with van der Waals surface area (Å²) in [4.78, 5) is 26.7. The van der Waals surface area contributed by atoms with Crippen molar-refractivity contribution in [2.45, 2.75) is 83.6 Å². The SMILES string of the molecule is CCCCCCOC(=O)C1CCCN1C(=O)C1CCCCC1. The Morgan fingerprint density at radius 1 is 1.00 bits per heavy atom. The molecule has 2 rings (SSSR count). The molecular weight excluding hydrogens is 278 g/mol. The Labute approximate surface area is 134 Å². The van der Waals surface area contributed by atoms with Crippen molar-refractivity contribution >= 4 is 11.9 Å². The lowest BCUT2D eigenvalue weighted by atomic mass is 9.88. The lowest BCUT2D eigenvalue weighted by molar-refractivity contribution is -0.155. The summed E-state index contributed by atoms with van der Waals surface area (Å²) in [5.41, 5.74) is 0. The number of likely N-dealkylation sites (tertiary alicyclic amines) is 1. The molecule has 1 aliphatic heterocycles. The molecule has 0 aromatic heterocycles. The van der Waals surface area contributed by atoms with Gasteiger partial charge in [0.2, 0.25) is 5.91 Å². The highest BCUT2D eigenvalue weighted by Gasteiger charge is 2.38. The number of rotatable bonds is 7. The molecule has 1 heterocycles. The highest BCUT2D eigenvalue weighted by atomic mass is 16.5. The number of hydrogen-bond acceptors (Lipinski definition) is 3. The van der Waals surface area contributed by atoms with E-state index >= 15 is 0 Å². The van der Waals surface area contributed by atoms with E-state index < -0.39 is 0 Å². The summed E-state index contributed by atoms with van der Waals surface area (Å²) in [6.07, 6.45) is 11.6. The maximum Gasteiger partial charge on any atom is 0.328 e. The van der Waals surface area contributed by atoms with Crippen LogP contribution in [0.2, 0.25) is 0 Å². The van der Waals surface area contributed by atoms with Crippen molar-refractivity contribution in [2.24, 2.45) is 5.92 Å². The molecule has 4 nitrogen and oxygen atoms in total. The lowest BCUT2D eigenvalue weighted by Gasteiger charge is -2.29. The van der Waals surface area contributed by atoms with Gasteiger partial charge < -0.3 is 9.64 Å². The van der Waals surface area contributed by atoms with E-state index in [1.807, 2.05) is 4.90 Å². The Bertz CT molecular complexity index is 363. The smallest absolute Gasteiger partial charge is 0.328 e. The Morgan fingerprint density at radius 3 is 2.50 bits per heavy atom. The summed E-state index contributed by atoms with van der Waals surface area (Å²) in [5, 5.41) is 0. The van der Waals surface area contributed by atoms with Gasteiger partial charge in [0.05, 0.1) is 6.61 Å². The molecule has 0 spiro atoms. The topological polar surface area (TPSA) is 46.6 Å². The molecule has 1 atom stereocenters. The third-order valence-electron chi connectivity index (χ3n) is 5.00. The number of esters is 1. The Morgan fingerprint density at radius 2 is 1.77 bits per heavy atom. The zero-order chi connectivity index (χ0) is 15.8. The molecule has 0 radical (unpaired) electrons. The van der Waals surface area contributed by atoms with Crippen LogP contribution in [-0.4, -0.2) is 36.0 Å². The van der Waals surface area contributed by atoms with Crippen LogP contribution in [-0.2, 0) is 14.3 Å². The number of ether oxygens (including phenoxy) is 1. The number of unbranched alkanes of at least 4 members (excludes halogenated alkanes) is 3. The number of carbonyl (C=O) groups excluding carboxylic acids is 2. The summed E-state index contributed by atoms with van der Waals surface area (Å²) in [7, 11) is 0. The van der Waals surface area contributed by atoms with Crippen LogP contribution in [0, 0.1) is 5.92 Å². The highest BCUT2D eigenvalue weighted by Crippen LogP contribution is 2.29. The predicted molar refractivity (Wildman–Crippen MR) is 86.4 cm³/mol. The summed E-state index contributed by atoms with van der Waals surface area (Å²) in [6, 6.07) is -0.319. The molecular formula is C18H31NO3. The molecule has 22 heavy (non-hydrogen) atoms. The van der Waals surface area contributed by atoms with Gasteiger partial charge in [-0.05, 0) is 32.1 Å². The molecule has 0 N–H and O–H groups in total. The van der Waals surface area contributed by atoms with Crippen LogP contribution < -0.4 is 0 Å². The van der Waals surface area contributed by atoms with Crippen molar-refractivity contribution in [2.75, 3.05) is 13.2 Å². The van der Waals surface area contributed by atoms with Gasteiger partial charge in [-0.25, -0.2) is 4.79 Å². The van der Waals surface area contributed by atoms with Gasteiger partial charge in [-0.3, -0.25) is 4.79 Å². The van der Waals surface area contributed by atoms with Gasteiger partial charge in [-0.2, -0.15) is 0 Å². The molecule has 1 unspecified atom stereocenters. The summed E-state index contributed by atoms with van der Waals surface area (Å²) >= 11 is 0. The van der Waals surface area contributed by atoms with E-state index in [-0.39, 0.29) is 23.8 Å². The number of hydrogen-bond donors (Lipinski definition) is 0. The van der Waals surface area contributed by atoms with Gasteiger partial charge in [-0.1, -0.05) is 45.4 Å². The molecule has 4 heteroatoms. The molecule has 1 aliphatic carbocycles. The fraction of sp³-hybridized carbons (Fsp3) is 0.889. The van der Waals surface area contributed by atoms with Gasteiger partial charge >= 0.3 is 5.97 Å². The van der Waals surface area contributed by atoms with Crippen LogP contribution >= 0.6 is 0 Å². The van der Waals surface area contributed by atoms with Crippen LogP contribution in [0.1, 0.15) is 77.6 Å². The van der Waals surface area contributed by atoms with Crippen molar-refractivity contribution in [1.29, 1.82) is 0 Å². The Balaban J connectivity index is 1.78. The van der Waals surface area contributed by atoms with Crippen molar-refractivity contribution in [3.63, 3.8) is 0 Å². The second-order valence-corrected chi connectivity index (χ2v) is 6.75. The predicted octanol–water partition coefficient (Wildman–Crippen LogP) is 3.68. The third-order valence-corrected chi connectivity index (χ3v) is 5.00. The van der Waals surface area contributed by atoms with Gasteiger partial charge in [0.25, 0.3) is 0 Å². The largest absolute Gasteiger partial charge is 0.464 e. The summed E-state index contributed by atoms with van der Waals surface area (Å²) in [5.74, 6) is 0.162. The zero-order valence-electron chi connectivity index (χ0n) is 14.0. The minimum absolute atomic E-state index is 0.145. The van der Waals surface area contributed by atoms with E-state index in [4.69, 9.17) is 4.74 Å². The van der Waals surface area contributed by atoms with Gasteiger partial charge in [0.15, 0.2) is 0 Å². The molecule has 126 valence electrons. The van der Waals surface area contributed by atoms with Crippen LogP contribution in [0.5, 0.6) is 0 Å². The first-order chi connectivity index (χ1) is 10.7. The van der Waals surface area contributed by atoms with Crippen LogP contribution in [0.15, 0.2) is 0 Å². The average Bonchev–Trinajstić information content (AvgIpc) is 3.04. The summed E-state index contributed by atoms with van der Waals surface area (Å²) in [6.45, 7) is 3.39. The van der Waals surface area contributed by atoms with Crippen molar-refractivity contribution in [3.05, 3.63) is 0 Å². The average molecular weight is 309 g/mol. The van der Waals surface area contributed by atoms with E-state index in [0.717, 1.165) is 57.9 Å². The second kappa shape index (κ2) is 9.16. The fourth-order valence-corrected chi connectivity index (χ4v) is 3.66. The Kier molecular flexibility index (Phi) is 7.20. The molecule has 2 fully saturated rings. The first kappa shape index (κ1) is 17.3. The minimum atomic E-state index is -0.319. The van der Waals surface area contributed by atoms with Gasteiger partial charge in [-0.15, -0.1) is 0 Å². The number of amides is 1. The zero-order valence-corrected chi connectivity index (χ0v) is 14.0. The van der Waals surface area contributed by atoms with Crippen LogP contribution in [0.25, 0.3) is 0 Å². The van der Waals surface area contributed by atoms with E-state index in [1.54, 1.807) is 0 Å². The maximum absolute atomic E-state index is 12.6. The quantitative estimate of drug-likeness (QED) is 0.532. The van der Waals surface area contributed by atoms with Crippen molar-refractivity contribution < 1.29 is 14.3 Å². The van der Waals surface area contributed by atoms with E-state index in [9.17, 15) is 9.59 Å². The normalized spacial score (nSPS) is 22.8. The summed E-state index contributed by atoms with van der Waals surface area (Å²) < 4.78 is 5.41. The third kappa shape index (κ3) is 4.72. The molecule has 0 aromatic carbocycles. The first-order valence-electron chi connectivity index (χ1n) is 9.21. The van der Waals surface area contributed by atoms with Crippen molar-refractivity contribution in [1.82, 2.24) is 4.90 Å². The molecule has 1 saturated heterocycles.